The van der Waals surface area contributed by atoms with Gasteiger partial charge in [-0.05, 0) is 36.2 Å². The van der Waals surface area contributed by atoms with Crippen LogP contribution in [0.5, 0.6) is 5.75 Å². The van der Waals surface area contributed by atoms with Crippen molar-refractivity contribution in [3.63, 3.8) is 0 Å². The number of methoxy groups -OCH3 is 2. The molecule has 0 spiro atoms. The van der Waals surface area contributed by atoms with Crippen molar-refractivity contribution in [2.24, 2.45) is 5.10 Å². The van der Waals surface area contributed by atoms with E-state index in [1.54, 1.807) is 31.4 Å². The average molecular weight is 365 g/mol. The number of hydrogen-bond donors (Lipinski definition) is 2. The Morgan fingerprint density at radius 2 is 1.85 bits per heavy atom. The molecule has 0 aliphatic heterocycles. The molecule has 1 rings (SSSR count). The summed E-state index contributed by atoms with van der Waals surface area (Å²) < 4.78 is 14.5. The van der Waals surface area contributed by atoms with Crippen molar-refractivity contribution in [1.29, 1.82) is 0 Å². The quantitative estimate of drug-likeness (QED) is 0.191. The summed E-state index contributed by atoms with van der Waals surface area (Å²) in [4.78, 5) is 34.1. The third-order valence-electron chi connectivity index (χ3n) is 3.04. The molecule has 2 amide bonds. The van der Waals surface area contributed by atoms with Crippen molar-refractivity contribution in [3.8, 4) is 5.75 Å². The maximum absolute atomic E-state index is 11.6. The van der Waals surface area contributed by atoms with Crippen molar-refractivity contribution >= 4 is 24.0 Å². The number of benzene rings is 1. The Balaban J connectivity index is 2.30. The minimum Gasteiger partial charge on any atom is -0.482 e. The van der Waals surface area contributed by atoms with Crippen LogP contribution in [0, 0.1) is 0 Å². The van der Waals surface area contributed by atoms with E-state index in [4.69, 9.17) is 9.47 Å². The number of hydrazone groups is 1. The van der Waals surface area contributed by atoms with Gasteiger partial charge in [-0.15, -0.1) is 0 Å². The van der Waals surface area contributed by atoms with E-state index in [1.165, 1.54) is 13.3 Å². The first-order valence-electron chi connectivity index (χ1n) is 7.92. The average Bonchev–Trinajstić information content (AvgIpc) is 2.64. The van der Waals surface area contributed by atoms with E-state index in [2.05, 4.69) is 20.6 Å². The van der Waals surface area contributed by atoms with E-state index in [0.717, 1.165) is 0 Å². The van der Waals surface area contributed by atoms with Crippen LogP contribution >= 0.6 is 0 Å². The van der Waals surface area contributed by atoms with Crippen molar-refractivity contribution in [2.45, 2.75) is 12.8 Å². The maximum atomic E-state index is 11.6. The second-order valence-electron chi connectivity index (χ2n) is 5.10. The van der Waals surface area contributed by atoms with Crippen LogP contribution in [0.15, 0.2) is 29.4 Å². The van der Waals surface area contributed by atoms with Gasteiger partial charge in [0.1, 0.15) is 12.2 Å². The highest BCUT2D eigenvalue weighted by Crippen LogP contribution is 2.10. The van der Waals surface area contributed by atoms with E-state index >= 15 is 0 Å². The molecule has 2 N–H and O–H groups in total. The number of carbonyl (C=O) groups is 3. The molecular formula is C17H23N3O6. The lowest BCUT2D eigenvalue weighted by molar-refractivity contribution is -0.143. The molecule has 0 radical (unpaired) electrons. The molecule has 0 heterocycles. The van der Waals surface area contributed by atoms with E-state index in [1.807, 2.05) is 0 Å². The van der Waals surface area contributed by atoms with Gasteiger partial charge < -0.3 is 19.5 Å². The summed E-state index contributed by atoms with van der Waals surface area (Å²) in [5.74, 6) is -0.854. The fourth-order valence-corrected chi connectivity index (χ4v) is 1.72. The topological polar surface area (TPSA) is 115 Å². The van der Waals surface area contributed by atoms with Crippen molar-refractivity contribution in [1.82, 2.24) is 10.7 Å². The minimum atomic E-state index is -0.511. The summed E-state index contributed by atoms with van der Waals surface area (Å²) in [6.07, 6.45) is 1.81. The van der Waals surface area contributed by atoms with Crippen LogP contribution in [0.1, 0.15) is 18.4 Å². The van der Waals surface area contributed by atoms with Crippen LogP contribution in [0.4, 0.5) is 0 Å². The molecule has 142 valence electrons. The standard InChI is InChI=1S/C17H23N3O6/c1-24-9-3-8-18-15(21)10-16(22)20-19-11-13-4-6-14(7-5-13)26-12-17(23)25-2/h4-7,11H,3,8-10,12H2,1-2H3,(H,18,21)(H,20,22)/b19-11+. The largest absolute Gasteiger partial charge is 0.482 e. The molecule has 1 aromatic rings. The first-order valence-corrected chi connectivity index (χ1v) is 7.92. The van der Waals surface area contributed by atoms with Gasteiger partial charge in [0.15, 0.2) is 6.61 Å². The Kier molecular flexibility index (Phi) is 10.1. The summed E-state index contributed by atoms with van der Waals surface area (Å²) in [6.45, 7) is 0.824. The number of rotatable bonds is 11. The number of esters is 1. The SMILES string of the molecule is COCCCNC(=O)CC(=O)N/N=C/c1ccc(OCC(=O)OC)cc1. The predicted molar refractivity (Wildman–Crippen MR) is 93.8 cm³/mol. The van der Waals surface area contributed by atoms with Crippen molar-refractivity contribution < 1.29 is 28.6 Å². The molecule has 0 atom stereocenters. The Bertz CT molecular complexity index is 615. The molecule has 0 aromatic heterocycles. The monoisotopic (exact) mass is 365 g/mol. The van der Waals surface area contributed by atoms with Crippen LogP contribution < -0.4 is 15.5 Å². The lowest BCUT2D eigenvalue weighted by atomic mass is 10.2. The first-order chi connectivity index (χ1) is 12.5. The van der Waals surface area contributed by atoms with Crippen LogP contribution in [-0.4, -0.2) is 58.0 Å². The van der Waals surface area contributed by atoms with Crippen LogP contribution in [-0.2, 0) is 23.9 Å². The van der Waals surface area contributed by atoms with E-state index < -0.39 is 11.9 Å². The molecular weight excluding hydrogens is 342 g/mol. The molecule has 26 heavy (non-hydrogen) atoms. The lowest BCUT2D eigenvalue weighted by Gasteiger charge is -2.05. The third-order valence-corrected chi connectivity index (χ3v) is 3.04. The van der Waals surface area contributed by atoms with Gasteiger partial charge in [0.05, 0.1) is 13.3 Å². The number of amides is 2. The minimum absolute atomic E-state index is 0.173. The van der Waals surface area contributed by atoms with Crippen molar-refractivity contribution in [2.75, 3.05) is 34.0 Å². The fraction of sp³-hybridized carbons (Fsp3) is 0.412. The molecule has 9 heteroatoms. The zero-order valence-corrected chi connectivity index (χ0v) is 14.8. The molecule has 0 bridgehead atoms. The Morgan fingerprint density at radius 1 is 1.12 bits per heavy atom. The molecule has 0 aliphatic rings. The first kappa shape index (κ1) is 21.1. The van der Waals surface area contributed by atoms with Gasteiger partial charge in [-0.2, -0.15) is 5.10 Å². The third kappa shape index (κ3) is 9.38. The zero-order chi connectivity index (χ0) is 19.2. The molecule has 0 aliphatic carbocycles. The second kappa shape index (κ2) is 12.4. The Morgan fingerprint density at radius 3 is 2.50 bits per heavy atom. The fourth-order valence-electron chi connectivity index (χ4n) is 1.72. The van der Waals surface area contributed by atoms with E-state index in [9.17, 15) is 14.4 Å². The Labute approximate surface area is 151 Å². The van der Waals surface area contributed by atoms with Gasteiger partial charge in [-0.25, -0.2) is 10.2 Å². The van der Waals surface area contributed by atoms with E-state index in [-0.39, 0.29) is 18.9 Å². The highest BCUT2D eigenvalue weighted by atomic mass is 16.6. The maximum Gasteiger partial charge on any atom is 0.343 e. The number of carbonyl (C=O) groups excluding carboxylic acids is 3. The molecule has 0 saturated carbocycles. The van der Waals surface area contributed by atoms with Crippen LogP contribution in [0.2, 0.25) is 0 Å². The van der Waals surface area contributed by atoms with Gasteiger partial charge in [0, 0.05) is 20.3 Å². The molecule has 0 saturated heterocycles. The van der Waals surface area contributed by atoms with Gasteiger partial charge in [-0.3, -0.25) is 9.59 Å². The number of nitrogens with zero attached hydrogens (tertiary/aromatic N) is 1. The van der Waals surface area contributed by atoms with Gasteiger partial charge in [0.2, 0.25) is 11.8 Å². The summed E-state index contributed by atoms with van der Waals surface area (Å²) >= 11 is 0. The predicted octanol–water partition coefficient (Wildman–Crippen LogP) is 0.231. The van der Waals surface area contributed by atoms with Crippen LogP contribution in [0.25, 0.3) is 0 Å². The highest BCUT2D eigenvalue weighted by molar-refractivity contribution is 5.97. The zero-order valence-electron chi connectivity index (χ0n) is 14.8. The van der Waals surface area contributed by atoms with Gasteiger partial charge in [0.25, 0.3) is 0 Å². The molecule has 9 nitrogen and oxygen atoms in total. The van der Waals surface area contributed by atoms with Crippen LogP contribution in [0.3, 0.4) is 0 Å². The number of nitrogens with one attached hydrogen (secondary N) is 2. The van der Waals surface area contributed by atoms with E-state index in [0.29, 0.717) is 30.9 Å². The molecule has 1 aromatic carbocycles. The lowest BCUT2D eigenvalue weighted by Crippen LogP contribution is -2.30. The highest BCUT2D eigenvalue weighted by Gasteiger charge is 2.07. The Hall–Kier alpha value is -2.94. The molecule has 0 unspecified atom stereocenters. The molecule has 0 fully saturated rings. The summed E-state index contributed by atoms with van der Waals surface area (Å²) in [6, 6.07) is 6.70. The van der Waals surface area contributed by atoms with Gasteiger partial charge in [-0.1, -0.05) is 0 Å². The number of hydrogen-bond acceptors (Lipinski definition) is 7. The number of ether oxygens (including phenoxy) is 3. The smallest absolute Gasteiger partial charge is 0.343 e. The summed E-state index contributed by atoms with van der Waals surface area (Å²) in [5.41, 5.74) is 2.99. The van der Waals surface area contributed by atoms with Gasteiger partial charge >= 0.3 is 5.97 Å². The van der Waals surface area contributed by atoms with Crippen molar-refractivity contribution in [3.05, 3.63) is 29.8 Å². The summed E-state index contributed by atoms with van der Waals surface area (Å²) in [5, 5.41) is 6.39. The second-order valence-corrected chi connectivity index (χ2v) is 5.10. The normalized spacial score (nSPS) is 10.4. The summed E-state index contributed by atoms with van der Waals surface area (Å²) in [7, 11) is 2.86.